The molecule has 0 aliphatic heterocycles. The van der Waals surface area contributed by atoms with E-state index >= 15 is 0 Å². The molecule has 1 unspecified atom stereocenters. The number of nitrogens with zero attached hydrogens (tertiary/aromatic N) is 3. The van der Waals surface area contributed by atoms with Gasteiger partial charge in [0.1, 0.15) is 5.82 Å². The molecule has 0 aliphatic rings. The summed E-state index contributed by atoms with van der Waals surface area (Å²) in [5.74, 6) is 0.411. The summed E-state index contributed by atoms with van der Waals surface area (Å²) in [5, 5.41) is 12.6. The summed E-state index contributed by atoms with van der Waals surface area (Å²) in [4.78, 5) is 17.1. The van der Waals surface area contributed by atoms with Crippen molar-refractivity contribution in [1.29, 1.82) is 0 Å². The molecule has 0 spiro atoms. The Bertz CT molecular complexity index is 1290. The van der Waals surface area contributed by atoms with Crippen LogP contribution in [-0.4, -0.2) is 37.8 Å². The number of aromatic nitrogens is 3. The predicted molar refractivity (Wildman–Crippen MR) is 111 cm³/mol. The van der Waals surface area contributed by atoms with Crippen molar-refractivity contribution >= 4 is 28.0 Å². The molecule has 0 saturated heterocycles. The Kier molecular flexibility index (Phi) is 5.01. The number of aliphatic hydroxyl groups is 1. The van der Waals surface area contributed by atoms with E-state index in [1.165, 1.54) is 12.1 Å². The highest BCUT2D eigenvalue weighted by Gasteiger charge is 2.30. The minimum absolute atomic E-state index is 0.177. The Morgan fingerprint density at radius 2 is 1.87 bits per heavy atom. The number of carbonyl (C=O) groups is 1. The summed E-state index contributed by atoms with van der Waals surface area (Å²) in [6.07, 6.45) is -4.41. The first-order valence-corrected chi connectivity index (χ1v) is 9.68. The fourth-order valence-electron chi connectivity index (χ4n) is 3.64. The Hall–Kier alpha value is -3.33. The third-order valence-corrected chi connectivity index (χ3v) is 5.37. The number of aryl methyl sites for hydroxylation is 2. The highest BCUT2D eigenvalue weighted by atomic mass is 19.4. The van der Waals surface area contributed by atoms with Crippen molar-refractivity contribution in [3.63, 3.8) is 0 Å². The number of aliphatic hydroxyl groups excluding tert-OH is 1. The molecular formula is C22H21F3N4O2. The Balaban J connectivity index is 1.91. The first kappa shape index (κ1) is 20.9. The molecule has 2 N–H and O–H groups in total. The fourth-order valence-corrected chi connectivity index (χ4v) is 3.64. The zero-order valence-corrected chi connectivity index (χ0v) is 17.2. The van der Waals surface area contributed by atoms with Crippen molar-refractivity contribution in [2.75, 3.05) is 6.61 Å². The number of hydrogen-bond donors (Lipinski definition) is 2. The summed E-state index contributed by atoms with van der Waals surface area (Å²) < 4.78 is 42.6. The van der Waals surface area contributed by atoms with Crippen LogP contribution in [0.5, 0.6) is 0 Å². The van der Waals surface area contributed by atoms with Crippen LogP contribution in [0, 0.1) is 6.92 Å². The van der Waals surface area contributed by atoms with Crippen molar-refractivity contribution in [1.82, 2.24) is 19.4 Å². The second kappa shape index (κ2) is 7.42. The van der Waals surface area contributed by atoms with Crippen LogP contribution in [0.25, 0.3) is 27.8 Å². The van der Waals surface area contributed by atoms with Crippen LogP contribution < -0.4 is 5.32 Å². The SMILES string of the molecule is Cc1nc2c(c3cc(C(=O)NC(C)CO)ccc3n2-c2ccc(C(F)(F)F)cc2)n1C. The van der Waals surface area contributed by atoms with Gasteiger partial charge in [0.2, 0.25) is 0 Å². The molecule has 31 heavy (non-hydrogen) atoms. The number of amides is 1. The minimum atomic E-state index is -4.41. The molecule has 2 aromatic carbocycles. The van der Waals surface area contributed by atoms with Gasteiger partial charge in [0.05, 0.1) is 23.2 Å². The highest BCUT2D eigenvalue weighted by molar-refractivity contribution is 6.09. The lowest BCUT2D eigenvalue weighted by atomic mass is 10.1. The number of halogens is 3. The van der Waals surface area contributed by atoms with Crippen molar-refractivity contribution in [2.45, 2.75) is 26.1 Å². The number of imidazole rings is 1. The molecule has 0 saturated carbocycles. The fraction of sp³-hybridized carbons (Fsp3) is 0.273. The maximum atomic E-state index is 13.0. The van der Waals surface area contributed by atoms with Gasteiger partial charge in [-0.3, -0.25) is 9.36 Å². The van der Waals surface area contributed by atoms with Crippen LogP contribution in [0.15, 0.2) is 42.5 Å². The molecule has 2 aromatic heterocycles. The van der Waals surface area contributed by atoms with Crippen LogP contribution in [0.4, 0.5) is 13.2 Å². The normalized spacial score (nSPS) is 13.1. The van der Waals surface area contributed by atoms with Gasteiger partial charge in [-0.25, -0.2) is 4.98 Å². The monoisotopic (exact) mass is 430 g/mol. The lowest BCUT2D eigenvalue weighted by Gasteiger charge is -2.12. The molecule has 4 aromatic rings. The van der Waals surface area contributed by atoms with Gasteiger partial charge >= 0.3 is 6.18 Å². The first-order chi connectivity index (χ1) is 14.6. The number of alkyl halides is 3. The third-order valence-electron chi connectivity index (χ3n) is 5.37. The van der Waals surface area contributed by atoms with Gasteiger partial charge in [0.15, 0.2) is 5.65 Å². The number of hydrogen-bond acceptors (Lipinski definition) is 3. The van der Waals surface area contributed by atoms with E-state index < -0.39 is 11.7 Å². The molecule has 162 valence electrons. The van der Waals surface area contributed by atoms with E-state index in [4.69, 9.17) is 0 Å². The quantitative estimate of drug-likeness (QED) is 0.515. The Labute approximate surface area is 175 Å². The van der Waals surface area contributed by atoms with E-state index in [-0.39, 0.29) is 18.6 Å². The van der Waals surface area contributed by atoms with Crippen LogP contribution in [0.1, 0.15) is 28.7 Å². The number of rotatable bonds is 4. The summed E-state index contributed by atoms with van der Waals surface area (Å²) in [7, 11) is 1.85. The van der Waals surface area contributed by atoms with E-state index in [0.717, 1.165) is 34.4 Å². The van der Waals surface area contributed by atoms with E-state index in [1.54, 1.807) is 29.7 Å². The van der Waals surface area contributed by atoms with E-state index in [0.29, 0.717) is 16.9 Å². The van der Waals surface area contributed by atoms with Gasteiger partial charge in [0, 0.05) is 29.7 Å². The van der Waals surface area contributed by atoms with Crippen LogP contribution >= 0.6 is 0 Å². The molecule has 0 fully saturated rings. The van der Waals surface area contributed by atoms with Crippen LogP contribution in [0.3, 0.4) is 0 Å². The predicted octanol–water partition coefficient (Wildman–Crippen LogP) is 3.96. The van der Waals surface area contributed by atoms with Crippen molar-refractivity contribution in [3.05, 3.63) is 59.4 Å². The molecule has 0 bridgehead atoms. The van der Waals surface area contributed by atoms with E-state index in [2.05, 4.69) is 10.3 Å². The van der Waals surface area contributed by atoms with Crippen LogP contribution in [0.2, 0.25) is 0 Å². The first-order valence-electron chi connectivity index (χ1n) is 9.68. The van der Waals surface area contributed by atoms with E-state index in [9.17, 15) is 23.1 Å². The molecule has 1 amide bonds. The van der Waals surface area contributed by atoms with Gasteiger partial charge in [-0.15, -0.1) is 0 Å². The molecule has 6 nitrogen and oxygen atoms in total. The lowest BCUT2D eigenvalue weighted by Crippen LogP contribution is -2.34. The maximum absolute atomic E-state index is 13.0. The topological polar surface area (TPSA) is 72.1 Å². The highest BCUT2D eigenvalue weighted by Crippen LogP contribution is 2.34. The average Bonchev–Trinajstić information content (AvgIpc) is 3.20. The summed E-state index contributed by atoms with van der Waals surface area (Å²) in [5.41, 5.74) is 2.32. The number of carbonyl (C=O) groups excluding carboxylic acids is 1. The molecular weight excluding hydrogens is 409 g/mol. The molecule has 0 aliphatic carbocycles. The van der Waals surface area contributed by atoms with Gasteiger partial charge in [-0.1, -0.05) is 0 Å². The zero-order valence-electron chi connectivity index (χ0n) is 17.2. The zero-order chi connectivity index (χ0) is 22.5. The van der Waals surface area contributed by atoms with E-state index in [1.807, 2.05) is 18.5 Å². The van der Waals surface area contributed by atoms with Crippen molar-refractivity contribution < 1.29 is 23.1 Å². The molecule has 0 radical (unpaired) electrons. The molecule has 1 atom stereocenters. The summed E-state index contributed by atoms with van der Waals surface area (Å²) >= 11 is 0. The average molecular weight is 430 g/mol. The lowest BCUT2D eigenvalue weighted by molar-refractivity contribution is -0.137. The van der Waals surface area contributed by atoms with Gasteiger partial charge < -0.3 is 15.0 Å². The molecule has 4 rings (SSSR count). The minimum Gasteiger partial charge on any atom is -0.394 e. The standard InChI is InChI=1S/C22H21F3N4O2/c1-12(11-30)26-21(31)14-4-9-18-17(10-14)19-20(27-13(2)28(19)3)29(18)16-7-5-15(6-8-16)22(23,24)25/h4-10,12,30H,11H2,1-3H3,(H,26,31). The molecule has 2 heterocycles. The summed E-state index contributed by atoms with van der Waals surface area (Å²) in [6.45, 7) is 3.35. The smallest absolute Gasteiger partial charge is 0.394 e. The number of fused-ring (bicyclic) bond motifs is 3. The number of nitrogens with one attached hydrogen (secondary N) is 1. The van der Waals surface area contributed by atoms with Crippen molar-refractivity contribution in [2.24, 2.45) is 7.05 Å². The van der Waals surface area contributed by atoms with Crippen LogP contribution in [-0.2, 0) is 13.2 Å². The second-order valence-electron chi connectivity index (χ2n) is 7.56. The largest absolute Gasteiger partial charge is 0.416 e. The Morgan fingerprint density at radius 1 is 1.19 bits per heavy atom. The number of benzene rings is 2. The Morgan fingerprint density at radius 3 is 2.48 bits per heavy atom. The second-order valence-corrected chi connectivity index (χ2v) is 7.56. The van der Waals surface area contributed by atoms with Gasteiger partial charge in [-0.05, 0) is 56.3 Å². The summed E-state index contributed by atoms with van der Waals surface area (Å²) in [6, 6.07) is 9.65. The van der Waals surface area contributed by atoms with Crippen molar-refractivity contribution in [3.8, 4) is 5.69 Å². The molecule has 9 heteroatoms. The van der Waals surface area contributed by atoms with Gasteiger partial charge in [0.25, 0.3) is 5.91 Å². The third kappa shape index (κ3) is 3.54. The maximum Gasteiger partial charge on any atom is 0.416 e. The van der Waals surface area contributed by atoms with Gasteiger partial charge in [-0.2, -0.15) is 13.2 Å².